The van der Waals surface area contributed by atoms with Gasteiger partial charge in [0.15, 0.2) is 0 Å². The van der Waals surface area contributed by atoms with Gasteiger partial charge in [-0.3, -0.25) is 0 Å². The van der Waals surface area contributed by atoms with E-state index in [-0.39, 0.29) is 22.4 Å². The molecule has 0 aliphatic carbocycles. The van der Waals surface area contributed by atoms with Gasteiger partial charge < -0.3 is 5.11 Å². The summed E-state index contributed by atoms with van der Waals surface area (Å²) in [5.74, 6) is -0.882. The van der Waals surface area contributed by atoms with E-state index in [1.807, 2.05) is 43.4 Å². The van der Waals surface area contributed by atoms with Crippen LogP contribution in [-0.2, 0) is 10.0 Å². The number of rotatable bonds is 7. The third-order valence-electron chi connectivity index (χ3n) is 3.58. The number of hydrogen-bond donors (Lipinski definition) is 2. The van der Waals surface area contributed by atoms with E-state index in [4.69, 9.17) is 5.11 Å². The summed E-state index contributed by atoms with van der Waals surface area (Å²) in [5.41, 5.74) is -0.00587. The monoisotopic (exact) mass is 425 g/mol. The van der Waals surface area contributed by atoms with Crippen LogP contribution < -0.4 is 4.72 Å². The van der Waals surface area contributed by atoms with Crippen molar-refractivity contribution in [1.29, 1.82) is 0 Å². The minimum atomic E-state index is -3.71. The predicted molar refractivity (Wildman–Crippen MR) is 90.0 cm³/mol. The lowest BCUT2D eigenvalue weighted by atomic mass is 9.96. The van der Waals surface area contributed by atoms with E-state index in [0.717, 1.165) is 12.8 Å². The number of benzene rings is 1. The Labute approximate surface area is 139 Å². The van der Waals surface area contributed by atoms with E-state index in [2.05, 4.69) is 4.72 Å². The van der Waals surface area contributed by atoms with Crippen molar-refractivity contribution in [2.45, 2.75) is 44.6 Å². The predicted octanol–water partition coefficient (Wildman–Crippen LogP) is 3.09. The van der Waals surface area contributed by atoms with Crippen LogP contribution in [0.25, 0.3) is 0 Å². The van der Waals surface area contributed by atoms with Gasteiger partial charge in [-0.2, -0.15) is 0 Å². The number of halogens is 1. The summed E-state index contributed by atoms with van der Waals surface area (Å²) >= 11 is 1.87. The summed E-state index contributed by atoms with van der Waals surface area (Å²) in [6, 6.07) is 3.93. The van der Waals surface area contributed by atoms with E-state index in [0.29, 0.717) is 3.57 Å². The number of nitrogens with one attached hydrogen (secondary N) is 1. The van der Waals surface area contributed by atoms with Gasteiger partial charge in [-0.25, -0.2) is 17.9 Å². The van der Waals surface area contributed by atoms with Crippen molar-refractivity contribution < 1.29 is 18.3 Å². The molecule has 1 unspecified atom stereocenters. The molecule has 1 aromatic carbocycles. The quantitative estimate of drug-likeness (QED) is 0.658. The van der Waals surface area contributed by atoms with Crippen molar-refractivity contribution in [2.75, 3.05) is 0 Å². The molecular weight excluding hydrogens is 405 g/mol. The van der Waals surface area contributed by atoms with Crippen molar-refractivity contribution in [3.8, 4) is 0 Å². The Morgan fingerprint density at radius 1 is 1.33 bits per heavy atom. The van der Waals surface area contributed by atoms with Crippen LogP contribution in [-0.4, -0.2) is 25.5 Å². The number of carboxylic acid groups (broad SMARTS) is 1. The number of carboxylic acids is 1. The first-order valence-electron chi connectivity index (χ1n) is 6.78. The lowest BCUT2D eigenvalue weighted by Crippen LogP contribution is -2.37. The number of aromatic carboxylic acids is 1. The molecule has 0 aliphatic rings. The highest BCUT2D eigenvalue weighted by Crippen LogP contribution is 2.20. The second kappa shape index (κ2) is 7.55. The average molecular weight is 425 g/mol. The molecule has 2 N–H and O–H groups in total. The number of carbonyl (C=O) groups is 1. The van der Waals surface area contributed by atoms with Gasteiger partial charge in [0.1, 0.15) is 0 Å². The van der Waals surface area contributed by atoms with Crippen molar-refractivity contribution in [1.82, 2.24) is 4.72 Å². The van der Waals surface area contributed by atoms with E-state index in [1.54, 1.807) is 0 Å². The molecular formula is C14H20INO4S. The van der Waals surface area contributed by atoms with Gasteiger partial charge in [0.05, 0.1) is 10.5 Å². The fraction of sp³-hybridized carbons (Fsp3) is 0.500. The summed E-state index contributed by atoms with van der Waals surface area (Å²) in [5, 5.41) is 9.08. The maximum atomic E-state index is 12.4. The fourth-order valence-corrected chi connectivity index (χ4v) is 4.14. The Morgan fingerprint density at radius 2 is 1.90 bits per heavy atom. The first kappa shape index (κ1) is 18.4. The molecule has 0 bridgehead atoms. The third kappa shape index (κ3) is 4.65. The summed E-state index contributed by atoms with van der Waals surface area (Å²) in [4.78, 5) is 11.1. The summed E-state index contributed by atoms with van der Waals surface area (Å²) < 4.78 is 27.9. The second-order valence-electron chi connectivity index (χ2n) is 4.93. The first-order valence-corrected chi connectivity index (χ1v) is 9.34. The van der Waals surface area contributed by atoms with Crippen LogP contribution in [0.1, 0.15) is 44.0 Å². The maximum absolute atomic E-state index is 12.4. The van der Waals surface area contributed by atoms with Crippen LogP contribution in [0, 0.1) is 9.49 Å². The van der Waals surface area contributed by atoms with Crippen LogP contribution >= 0.6 is 22.6 Å². The molecule has 0 saturated heterocycles. The Morgan fingerprint density at radius 3 is 2.38 bits per heavy atom. The third-order valence-corrected chi connectivity index (χ3v) is 6.07. The Kier molecular flexibility index (Phi) is 6.61. The molecule has 1 rings (SSSR count). The Balaban J connectivity index is 3.09. The zero-order valence-electron chi connectivity index (χ0n) is 12.3. The normalized spacial score (nSPS) is 13.4. The molecule has 0 heterocycles. The molecule has 5 nitrogen and oxygen atoms in total. The molecule has 0 amide bonds. The Bertz CT molecular complexity index is 611. The van der Waals surface area contributed by atoms with E-state index < -0.39 is 16.0 Å². The van der Waals surface area contributed by atoms with Crippen molar-refractivity contribution in [3.05, 3.63) is 27.3 Å². The van der Waals surface area contributed by atoms with Gasteiger partial charge in [0, 0.05) is 9.61 Å². The van der Waals surface area contributed by atoms with Gasteiger partial charge >= 0.3 is 5.97 Å². The molecule has 1 aromatic rings. The molecule has 0 aromatic heterocycles. The average Bonchev–Trinajstić information content (AvgIpc) is 2.39. The van der Waals surface area contributed by atoms with Crippen LogP contribution in [0.3, 0.4) is 0 Å². The summed E-state index contributed by atoms with van der Waals surface area (Å²) in [6.45, 7) is 5.87. The molecule has 1 atom stereocenters. The highest BCUT2D eigenvalue weighted by Gasteiger charge is 2.23. The highest BCUT2D eigenvalue weighted by atomic mass is 127. The molecule has 7 heteroatoms. The SMILES string of the molecule is CCC(CC)C(C)NS(=O)(=O)c1ccc(I)c(C(=O)O)c1. The molecule has 0 fully saturated rings. The van der Waals surface area contributed by atoms with Crippen molar-refractivity contribution in [2.24, 2.45) is 5.92 Å². The van der Waals surface area contributed by atoms with E-state index in [9.17, 15) is 13.2 Å². The van der Waals surface area contributed by atoms with Gasteiger partial charge in [0.2, 0.25) is 10.0 Å². The Hall–Kier alpha value is -0.670. The molecule has 0 spiro atoms. The molecule has 0 radical (unpaired) electrons. The molecule has 0 aliphatic heterocycles. The first-order chi connectivity index (χ1) is 9.72. The molecule has 21 heavy (non-hydrogen) atoms. The van der Waals surface area contributed by atoms with Crippen LogP contribution in [0.2, 0.25) is 0 Å². The van der Waals surface area contributed by atoms with Gasteiger partial charge in [0.25, 0.3) is 0 Å². The van der Waals surface area contributed by atoms with Crippen molar-refractivity contribution in [3.63, 3.8) is 0 Å². The van der Waals surface area contributed by atoms with Crippen LogP contribution in [0.15, 0.2) is 23.1 Å². The van der Waals surface area contributed by atoms with Gasteiger partial charge in [-0.15, -0.1) is 0 Å². The molecule has 118 valence electrons. The summed E-state index contributed by atoms with van der Waals surface area (Å²) in [7, 11) is -3.71. The standard InChI is InChI=1S/C14H20INO4S/c1-4-10(5-2)9(3)16-21(19,20)11-6-7-13(15)12(8-11)14(17)18/h6-10,16H,4-5H2,1-3H3,(H,17,18). The van der Waals surface area contributed by atoms with Crippen LogP contribution in [0.4, 0.5) is 0 Å². The highest BCUT2D eigenvalue weighted by molar-refractivity contribution is 14.1. The number of sulfonamides is 1. The lowest BCUT2D eigenvalue weighted by molar-refractivity contribution is 0.0695. The number of hydrogen-bond acceptors (Lipinski definition) is 3. The largest absolute Gasteiger partial charge is 0.478 e. The lowest BCUT2D eigenvalue weighted by Gasteiger charge is -2.22. The zero-order chi connectivity index (χ0) is 16.2. The molecule has 0 saturated carbocycles. The minimum absolute atomic E-state index is 0.00587. The fourth-order valence-electron chi connectivity index (χ4n) is 2.24. The van der Waals surface area contributed by atoms with E-state index >= 15 is 0 Å². The maximum Gasteiger partial charge on any atom is 0.336 e. The van der Waals surface area contributed by atoms with Gasteiger partial charge in [-0.1, -0.05) is 26.7 Å². The van der Waals surface area contributed by atoms with E-state index in [1.165, 1.54) is 18.2 Å². The minimum Gasteiger partial charge on any atom is -0.478 e. The zero-order valence-corrected chi connectivity index (χ0v) is 15.2. The summed E-state index contributed by atoms with van der Waals surface area (Å²) in [6.07, 6.45) is 1.76. The second-order valence-corrected chi connectivity index (χ2v) is 7.81. The topological polar surface area (TPSA) is 83.5 Å². The van der Waals surface area contributed by atoms with Gasteiger partial charge in [-0.05, 0) is 53.6 Å². The smallest absolute Gasteiger partial charge is 0.336 e. The van der Waals surface area contributed by atoms with Crippen molar-refractivity contribution >= 4 is 38.6 Å². The van der Waals surface area contributed by atoms with Crippen LogP contribution in [0.5, 0.6) is 0 Å².